The molecule has 37 heavy (non-hydrogen) atoms. The van der Waals surface area contributed by atoms with Crippen molar-refractivity contribution in [1.82, 2.24) is 24.5 Å². The van der Waals surface area contributed by atoms with Crippen LogP contribution < -0.4 is 15.6 Å². The minimum atomic E-state index is -0.269. The molecule has 3 heterocycles. The summed E-state index contributed by atoms with van der Waals surface area (Å²) in [5.41, 5.74) is 1.97. The topological polar surface area (TPSA) is 114 Å². The van der Waals surface area contributed by atoms with Gasteiger partial charge in [0, 0.05) is 25.2 Å². The number of H-pyrrole nitrogens is 1. The zero-order valence-corrected chi connectivity index (χ0v) is 22.6. The van der Waals surface area contributed by atoms with E-state index < -0.39 is 0 Å². The second-order valence-corrected chi connectivity index (χ2v) is 9.73. The number of hydrogen-bond donors (Lipinski definition) is 2. The summed E-state index contributed by atoms with van der Waals surface area (Å²) in [5, 5.41) is 7.74. The number of hydrogen-bond acceptors (Lipinski definition) is 6. The molecular formula is C27H38N6O4. The standard InChI is InChI=1S/C27H38N6O4/c1-7-18(8-2)25-28-17(5)23-26(34)30-24(31-33(23)25)21-14-19(11-13-22(21)36-9-3)29-27(35)32(6)15-20-12-10-16(4)37-20/h11,13-14,16,18,20H,7-10,12,15H2,1-6H3,(H,29,35)(H,30,31,34). The molecule has 3 aromatic rings. The van der Waals surface area contributed by atoms with Crippen molar-refractivity contribution in [1.29, 1.82) is 0 Å². The van der Waals surface area contributed by atoms with Gasteiger partial charge >= 0.3 is 6.03 Å². The van der Waals surface area contributed by atoms with Gasteiger partial charge in [-0.3, -0.25) is 4.79 Å². The van der Waals surface area contributed by atoms with Crippen molar-refractivity contribution < 1.29 is 14.3 Å². The van der Waals surface area contributed by atoms with E-state index in [1.54, 1.807) is 34.7 Å². The van der Waals surface area contributed by atoms with Gasteiger partial charge in [0.2, 0.25) is 0 Å². The maximum absolute atomic E-state index is 13.1. The number of amides is 2. The van der Waals surface area contributed by atoms with Gasteiger partial charge in [-0.15, -0.1) is 5.10 Å². The zero-order valence-electron chi connectivity index (χ0n) is 22.6. The van der Waals surface area contributed by atoms with Gasteiger partial charge in [0.25, 0.3) is 5.56 Å². The van der Waals surface area contributed by atoms with Gasteiger partial charge in [0.1, 0.15) is 11.6 Å². The molecule has 10 nitrogen and oxygen atoms in total. The van der Waals surface area contributed by atoms with Gasteiger partial charge in [-0.05, 0) is 64.7 Å². The number of rotatable bonds is 9. The number of nitrogens with zero attached hydrogens (tertiary/aromatic N) is 4. The van der Waals surface area contributed by atoms with Crippen molar-refractivity contribution in [3.63, 3.8) is 0 Å². The molecule has 4 rings (SSSR count). The molecule has 2 amide bonds. The van der Waals surface area contributed by atoms with Gasteiger partial charge in [-0.2, -0.15) is 0 Å². The van der Waals surface area contributed by atoms with Crippen LogP contribution in [0.3, 0.4) is 0 Å². The molecule has 1 fully saturated rings. The van der Waals surface area contributed by atoms with Crippen LogP contribution in [0.5, 0.6) is 5.75 Å². The molecule has 0 bridgehead atoms. The maximum atomic E-state index is 13.1. The molecular weight excluding hydrogens is 472 g/mol. The number of imidazole rings is 1. The van der Waals surface area contributed by atoms with Crippen LogP contribution in [-0.2, 0) is 4.74 Å². The van der Waals surface area contributed by atoms with Crippen LogP contribution in [0.15, 0.2) is 23.0 Å². The largest absolute Gasteiger partial charge is 0.493 e. The van der Waals surface area contributed by atoms with Gasteiger partial charge in [-0.1, -0.05) is 13.8 Å². The average Bonchev–Trinajstić information content (AvgIpc) is 3.43. The van der Waals surface area contributed by atoms with E-state index in [0.29, 0.717) is 47.2 Å². The second kappa shape index (κ2) is 11.3. The Kier molecular flexibility index (Phi) is 8.16. The molecule has 2 atom stereocenters. The highest BCUT2D eigenvalue weighted by atomic mass is 16.5. The Labute approximate surface area is 217 Å². The predicted octanol–water partition coefficient (Wildman–Crippen LogP) is 4.73. The zero-order chi connectivity index (χ0) is 26.7. The first kappa shape index (κ1) is 26.7. The van der Waals surface area contributed by atoms with Crippen LogP contribution in [0.25, 0.3) is 16.9 Å². The summed E-state index contributed by atoms with van der Waals surface area (Å²) in [6.07, 6.45) is 4.01. The van der Waals surface area contributed by atoms with E-state index in [9.17, 15) is 9.59 Å². The number of urea groups is 1. The van der Waals surface area contributed by atoms with Crippen LogP contribution in [0.1, 0.15) is 70.8 Å². The summed E-state index contributed by atoms with van der Waals surface area (Å²) in [7, 11) is 1.75. The smallest absolute Gasteiger partial charge is 0.321 e. The first-order chi connectivity index (χ1) is 17.7. The van der Waals surface area contributed by atoms with E-state index in [0.717, 1.165) is 31.5 Å². The molecule has 200 valence electrons. The van der Waals surface area contributed by atoms with Crippen LogP contribution in [0, 0.1) is 6.92 Å². The van der Waals surface area contributed by atoms with Crippen molar-refractivity contribution in [3.8, 4) is 17.1 Å². The Bertz CT molecular complexity index is 1310. The second-order valence-electron chi connectivity index (χ2n) is 9.73. The lowest BCUT2D eigenvalue weighted by Gasteiger charge is -2.22. The van der Waals surface area contributed by atoms with Crippen molar-refractivity contribution in [2.45, 2.75) is 78.4 Å². The third kappa shape index (κ3) is 5.64. The summed E-state index contributed by atoms with van der Waals surface area (Å²) in [4.78, 5) is 35.2. The summed E-state index contributed by atoms with van der Waals surface area (Å²) >= 11 is 0. The maximum Gasteiger partial charge on any atom is 0.321 e. The molecule has 1 saturated heterocycles. The molecule has 2 aromatic heterocycles. The van der Waals surface area contributed by atoms with Crippen molar-refractivity contribution in [2.75, 3.05) is 25.5 Å². The lowest BCUT2D eigenvalue weighted by atomic mass is 10.0. The van der Waals surface area contributed by atoms with E-state index in [2.05, 4.69) is 36.1 Å². The fraction of sp³-hybridized carbons (Fsp3) is 0.556. The number of benzene rings is 1. The SMILES string of the molecule is CCOc1ccc(NC(=O)N(C)CC2CCC(C)O2)cc1-c1nn2c(C(CC)CC)nc(C)c2c(=O)[nH]1. The highest BCUT2D eigenvalue weighted by Crippen LogP contribution is 2.31. The van der Waals surface area contributed by atoms with Gasteiger partial charge in [0.15, 0.2) is 11.3 Å². The number of nitrogens with one attached hydrogen (secondary N) is 2. The summed E-state index contributed by atoms with van der Waals surface area (Å²) in [6.45, 7) is 10.9. The minimum absolute atomic E-state index is 0.0468. The van der Waals surface area contributed by atoms with Crippen molar-refractivity contribution in [2.24, 2.45) is 0 Å². The fourth-order valence-corrected chi connectivity index (χ4v) is 4.93. The van der Waals surface area contributed by atoms with Gasteiger partial charge in [0.05, 0.1) is 30.1 Å². The summed E-state index contributed by atoms with van der Waals surface area (Å²) < 4.78 is 13.4. The van der Waals surface area contributed by atoms with Crippen LogP contribution in [0.2, 0.25) is 0 Å². The number of aromatic amines is 1. The Hall–Kier alpha value is -3.40. The first-order valence-corrected chi connectivity index (χ1v) is 13.2. The van der Waals surface area contributed by atoms with E-state index in [4.69, 9.17) is 14.6 Å². The number of anilines is 1. The summed E-state index contributed by atoms with van der Waals surface area (Å²) in [6, 6.07) is 5.09. The molecule has 0 spiro atoms. The highest BCUT2D eigenvalue weighted by Gasteiger charge is 2.25. The molecule has 0 aliphatic carbocycles. The molecule has 0 radical (unpaired) electrons. The highest BCUT2D eigenvalue weighted by molar-refractivity contribution is 5.90. The number of carbonyl (C=O) groups is 1. The molecule has 1 aromatic carbocycles. The average molecular weight is 511 g/mol. The number of aryl methyl sites for hydroxylation is 1. The molecule has 2 unspecified atom stereocenters. The minimum Gasteiger partial charge on any atom is -0.493 e. The molecule has 10 heteroatoms. The lowest BCUT2D eigenvalue weighted by Crippen LogP contribution is -2.37. The fourth-order valence-electron chi connectivity index (χ4n) is 4.93. The van der Waals surface area contributed by atoms with E-state index >= 15 is 0 Å². The normalized spacial score (nSPS) is 17.5. The van der Waals surface area contributed by atoms with E-state index in [-0.39, 0.29) is 29.7 Å². The number of ether oxygens (including phenoxy) is 2. The molecule has 2 N–H and O–H groups in total. The Morgan fingerprint density at radius 3 is 2.70 bits per heavy atom. The van der Waals surface area contributed by atoms with Crippen molar-refractivity contribution in [3.05, 3.63) is 40.1 Å². The third-order valence-electron chi connectivity index (χ3n) is 6.98. The van der Waals surface area contributed by atoms with E-state index in [1.165, 1.54) is 0 Å². The third-order valence-corrected chi connectivity index (χ3v) is 6.98. The Balaban J connectivity index is 1.68. The molecule has 1 aliphatic heterocycles. The van der Waals surface area contributed by atoms with Gasteiger partial charge < -0.3 is 24.7 Å². The predicted molar refractivity (Wildman–Crippen MR) is 143 cm³/mol. The number of aromatic nitrogens is 4. The van der Waals surface area contributed by atoms with Crippen LogP contribution >= 0.6 is 0 Å². The summed E-state index contributed by atoms with van der Waals surface area (Å²) in [5.74, 6) is 1.87. The quantitative estimate of drug-likeness (QED) is 0.430. The monoisotopic (exact) mass is 510 g/mol. The van der Waals surface area contributed by atoms with E-state index in [1.807, 2.05) is 13.8 Å². The Morgan fingerprint density at radius 1 is 1.30 bits per heavy atom. The Morgan fingerprint density at radius 2 is 2.05 bits per heavy atom. The lowest BCUT2D eigenvalue weighted by molar-refractivity contribution is 0.0428. The number of carbonyl (C=O) groups excluding carboxylic acids is 1. The van der Waals surface area contributed by atoms with Crippen LogP contribution in [-0.4, -0.2) is 62.9 Å². The number of likely N-dealkylation sites (N-methyl/N-ethyl adjacent to an activating group) is 1. The van der Waals surface area contributed by atoms with Crippen LogP contribution in [0.4, 0.5) is 10.5 Å². The first-order valence-electron chi connectivity index (χ1n) is 13.2. The number of fused-ring (bicyclic) bond motifs is 1. The van der Waals surface area contributed by atoms with Gasteiger partial charge in [-0.25, -0.2) is 14.3 Å². The molecule has 0 saturated carbocycles. The van der Waals surface area contributed by atoms with Crippen molar-refractivity contribution >= 4 is 17.2 Å². The molecule has 1 aliphatic rings.